The molecule has 0 spiro atoms. The summed E-state index contributed by atoms with van der Waals surface area (Å²) in [5.41, 5.74) is 2.47. The smallest absolute Gasteiger partial charge is 0.261 e. The van der Waals surface area contributed by atoms with Crippen molar-refractivity contribution in [3.8, 4) is 0 Å². The standard InChI is InChI=1S/C18H16N4O2/c1-21(2)8-9-22-17(23)12-5-3-4-11-15(12)13(18(22)24)10-14-16(11)20-7-6-19-14/h3-7,10H,8-9H2,1-2H3/p+1. The molecule has 0 atom stereocenters. The van der Waals surface area contributed by atoms with Gasteiger partial charge in [-0.25, -0.2) is 0 Å². The van der Waals surface area contributed by atoms with Gasteiger partial charge in [0.15, 0.2) is 0 Å². The molecule has 24 heavy (non-hydrogen) atoms. The van der Waals surface area contributed by atoms with E-state index < -0.39 is 0 Å². The van der Waals surface area contributed by atoms with Gasteiger partial charge in [0.1, 0.15) is 0 Å². The number of hydrogen-bond donors (Lipinski definition) is 1. The van der Waals surface area contributed by atoms with Gasteiger partial charge in [0.25, 0.3) is 11.8 Å². The highest BCUT2D eigenvalue weighted by molar-refractivity contribution is 6.28. The fourth-order valence-corrected chi connectivity index (χ4v) is 3.18. The lowest BCUT2D eigenvalue weighted by molar-refractivity contribution is -0.857. The molecule has 1 N–H and O–H groups in total. The number of fused-ring (bicyclic) bond motifs is 2. The van der Waals surface area contributed by atoms with E-state index in [1.165, 1.54) is 9.80 Å². The molecule has 6 nitrogen and oxygen atoms in total. The molecule has 6 heteroatoms. The van der Waals surface area contributed by atoms with E-state index in [1.54, 1.807) is 24.5 Å². The molecule has 2 amide bonds. The normalized spacial score (nSPS) is 14.2. The summed E-state index contributed by atoms with van der Waals surface area (Å²) in [4.78, 5) is 37.0. The van der Waals surface area contributed by atoms with Crippen LogP contribution >= 0.6 is 0 Å². The van der Waals surface area contributed by atoms with Gasteiger partial charge >= 0.3 is 0 Å². The second kappa shape index (κ2) is 5.35. The van der Waals surface area contributed by atoms with Gasteiger partial charge in [0.05, 0.1) is 43.8 Å². The van der Waals surface area contributed by atoms with Crippen LogP contribution in [-0.2, 0) is 0 Å². The van der Waals surface area contributed by atoms with Crippen LogP contribution in [0.4, 0.5) is 0 Å². The van der Waals surface area contributed by atoms with Crippen molar-refractivity contribution >= 4 is 33.6 Å². The molecule has 3 aromatic rings. The Hall–Kier alpha value is -2.86. The molecule has 0 aliphatic carbocycles. The van der Waals surface area contributed by atoms with Crippen LogP contribution in [0.15, 0.2) is 36.7 Å². The van der Waals surface area contributed by atoms with Crippen molar-refractivity contribution in [3.05, 3.63) is 47.8 Å². The Morgan fingerprint density at radius 2 is 1.79 bits per heavy atom. The molecule has 1 aliphatic heterocycles. The van der Waals surface area contributed by atoms with Crippen LogP contribution in [0, 0.1) is 0 Å². The molecule has 2 heterocycles. The Morgan fingerprint density at radius 1 is 1.04 bits per heavy atom. The summed E-state index contributed by atoms with van der Waals surface area (Å²) < 4.78 is 0. The molecular weight excluding hydrogens is 304 g/mol. The zero-order valence-electron chi connectivity index (χ0n) is 13.5. The molecule has 0 saturated heterocycles. The van der Waals surface area contributed by atoms with Gasteiger partial charge in [-0.1, -0.05) is 12.1 Å². The summed E-state index contributed by atoms with van der Waals surface area (Å²) in [6.07, 6.45) is 3.23. The maximum atomic E-state index is 12.9. The third kappa shape index (κ3) is 2.07. The molecule has 1 aliphatic rings. The first-order valence-corrected chi connectivity index (χ1v) is 7.89. The highest BCUT2D eigenvalue weighted by Crippen LogP contribution is 2.33. The predicted octanol–water partition coefficient (Wildman–Crippen LogP) is 0.524. The van der Waals surface area contributed by atoms with Crippen LogP contribution < -0.4 is 4.90 Å². The number of amides is 2. The summed E-state index contributed by atoms with van der Waals surface area (Å²) in [7, 11) is 3.99. The van der Waals surface area contributed by atoms with Crippen LogP contribution in [0.1, 0.15) is 20.7 Å². The molecule has 4 rings (SSSR count). The van der Waals surface area contributed by atoms with E-state index in [1.807, 2.05) is 26.2 Å². The van der Waals surface area contributed by atoms with Crippen LogP contribution in [0.25, 0.3) is 21.8 Å². The molecule has 120 valence electrons. The highest BCUT2D eigenvalue weighted by atomic mass is 16.2. The average molecular weight is 321 g/mol. The number of carbonyl (C=O) groups excluding carboxylic acids is 2. The fraction of sp³-hybridized carbons (Fsp3) is 0.222. The van der Waals surface area contributed by atoms with E-state index in [9.17, 15) is 9.59 Å². The summed E-state index contributed by atoms with van der Waals surface area (Å²) in [6.45, 7) is 1.10. The van der Waals surface area contributed by atoms with Crippen molar-refractivity contribution in [1.29, 1.82) is 0 Å². The molecular formula is C18H17N4O2+. The van der Waals surface area contributed by atoms with Gasteiger partial charge in [-0.3, -0.25) is 24.5 Å². The van der Waals surface area contributed by atoms with Crippen LogP contribution in [0.3, 0.4) is 0 Å². The Kier molecular flexibility index (Phi) is 3.28. The minimum Gasteiger partial charge on any atom is -0.338 e. The minimum atomic E-state index is -0.252. The van der Waals surface area contributed by atoms with Gasteiger partial charge < -0.3 is 4.90 Å². The molecule has 0 saturated carbocycles. The Balaban J connectivity index is 1.98. The highest BCUT2D eigenvalue weighted by Gasteiger charge is 2.33. The van der Waals surface area contributed by atoms with Gasteiger partial charge in [-0.15, -0.1) is 0 Å². The van der Waals surface area contributed by atoms with E-state index in [-0.39, 0.29) is 11.8 Å². The zero-order chi connectivity index (χ0) is 16.8. The van der Waals surface area contributed by atoms with Crippen molar-refractivity contribution in [1.82, 2.24) is 14.9 Å². The number of nitrogens with one attached hydrogen (secondary N) is 1. The van der Waals surface area contributed by atoms with Gasteiger partial charge in [-0.2, -0.15) is 0 Å². The molecule has 0 fully saturated rings. The number of quaternary nitrogens is 1. The first kappa shape index (κ1) is 14.7. The van der Waals surface area contributed by atoms with E-state index in [4.69, 9.17) is 0 Å². The topological polar surface area (TPSA) is 67.6 Å². The van der Waals surface area contributed by atoms with E-state index in [0.29, 0.717) is 40.6 Å². The Bertz CT molecular complexity index is 997. The van der Waals surface area contributed by atoms with Crippen molar-refractivity contribution < 1.29 is 14.5 Å². The first-order valence-electron chi connectivity index (χ1n) is 7.89. The Morgan fingerprint density at radius 3 is 2.58 bits per heavy atom. The maximum Gasteiger partial charge on any atom is 0.261 e. The molecule has 2 aromatic carbocycles. The monoisotopic (exact) mass is 321 g/mol. The number of hydrogen-bond acceptors (Lipinski definition) is 4. The van der Waals surface area contributed by atoms with Gasteiger partial charge in [0, 0.05) is 28.7 Å². The largest absolute Gasteiger partial charge is 0.338 e. The summed E-state index contributed by atoms with van der Waals surface area (Å²) >= 11 is 0. The number of aromatic nitrogens is 2. The average Bonchev–Trinajstić information content (AvgIpc) is 2.59. The Labute approximate surface area is 138 Å². The second-order valence-corrected chi connectivity index (χ2v) is 6.30. The van der Waals surface area contributed by atoms with E-state index in [2.05, 4.69) is 9.97 Å². The van der Waals surface area contributed by atoms with Crippen LogP contribution in [-0.4, -0.2) is 53.9 Å². The van der Waals surface area contributed by atoms with E-state index >= 15 is 0 Å². The molecule has 0 unspecified atom stereocenters. The third-order valence-corrected chi connectivity index (χ3v) is 4.38. The number of likely N-dealkylation sites (N-methyl/N-ethyl adjacent to an activating group) is 1. The third-order valence-electron chi connectivity index (χ3n) is 4.38. The SMILES string of the molecule is C[NH+](C)CCN1C(=O)c2cccc3c2c(cc2nccnc23)C1=O. The number of carbonyl (C=O) groups is 2. The number of nitrogens with zero attached hydrogens (tertiary/aromatic N) is 3. The lowest BCUT2D eigenvalue weighted by Gasteiger charge is -2.27. The molecule has 0 bridgehead atoms. The van der Waals surface area contributed by atoms with Crippen molar-refractivity contribution in [2.45, 2.75) is 0 Å². The summed E-state index contributed by atoms with van der Waals surface area (Å²) in [5.74, 6) is -0.486. The number of rotatable bonds is 3. The zero-order valence-corrected chi connectivity index (χ0v) is 13.5. The molecule has 0 radical (unpaired) electrons. The van der Waals surface area contributed by atoms with Crippen molar-refractivity contribution in [2.24, 2.45) is 0 Å². The number of benzene rings is 2. The lowest BCUT2D eigenvalue weighted by Crippen LogP contribution is -3.06. The van der Waals surface area contributed by atoms with E-state index in [0.717, 1.165) is 5.39 Å². The number of imide groups is 1. The van der Waals surface area contributed by atoms with Crippen LogP contribution in [0.5, 0.6) is 0 Å². The minimum absolute atomic E-state index is 0.234. The van der Waals surface area contributed by atoms with Crippen molar-refractivity contribution in [3.63, 3.8) is 0 Å². The lowest BCUT2D eigenvalue weighted by atomic mass is 9.93. The van der Waals surface area contributed by atoms with Crippen molar-refractivity contribution in [2.75, 3.05) is 27.2 Å². The second-order valence-electron chi connectivity index (χ2n) is 6.30. The summed E-state index contributed by atoms with van der Waals surface area (Å²) in [5, 5.41) is 1.49. The van der Waals surface area contributed by atoms with Gasteiger partial charge in [-0.05, 0) is 12.1 Å². The quantitative estimate of drug-likeness (QED) is 0.564. The molecule has 1 aromatic heterocycles. The van der Waals surface area contributed by atoms with Gasteiger partial charge in [0.2, 0.25) is 0 Å². The fourth-order valence-electron chi connectivity index (χ4n) is 3.18. The maximum absolute atomic E-state index is 12.9. The first-order chi connectivity index (χ1) is 11.6. The van der Waals surface area contributed by atoms with Crippen LogP contribution in [0.2, 0.25) is 0 Å². The predicted molar refractivity (Wildman–Crippen MR) is 90.1 cm³/mol. The summed E-state index contributed by atoms with van der Waals surface area (Å²) in [6, 6.07) is 7.24.